The average Bonchev–Trinajstić information content (AvgIpc) is 1.94. The van der Waals surface area contributed by atoms with E-state index < -0.39 is 27.3 Å². The van der Waals surface area contributed by atoms with E-state index in [1.54, 1.807) is 0 Å². The van der Waals surface area contributed by atoms with Gasteiger partial charge in [0.05, 0.1) is 5.56 Å². The molecule has 1 nitrogen and oxygen atoms in total. The SMILES string of the molecule is Fc1cc(C(F)(F)F)c(Br)nc1Cl. The molecule has 0 aromatic carbocycles. The van der Waals surface area contributed by atoms with Gasteiger partial charge in [-0.15, -0.1) is 0 Å². The first-order chi connectivity index (χ1) is 5.82. The van der Waals surface area contributed by atoms with Gasteiger partial charge in [0.15, 0.2) is 11.0 Å². The first-order valence-electron chi connectivity index (χ1n) is 2.91. The predicted octanol–water partition coefficient (Wildman–Crippen LogP) is 3.66. The van der Waals surface area contributed by atoms with Crippen LogP contribution in [-0.4, -0.2) is 4.98 Å². The van der Waals surface area contributed by atoms with Gasteiger partial charge in [-0.25, -0.2) is 9.37 Å². The summed E-state index contributed by atoms with van der Waals surface area (Å²) < 4.78 is 48.3. The number of hydrogen-bond donors (Lipinski definition) is 0. The zero-order chi connectivity index (χ0) is 10.2. The Morgan fingerprint density at radius 3 is 2.38 bits per heavy atom. The van der Waals surface area contributed by atoms with Crippen LogP contribution in [0.2, 0.25) is 5.15 Å². The van der Waals surface area contributed by atoms with Gasteiger partial charge in [-0.3, -0.25) is 0 Å². The lowest BCUT2D eigenvalue weighted by Crippen LogP contribution is -2.08. The first kappa shape index (κ1) is 10.7. The van der Waals surface area contributed by atoms with Gasteiger partial charge in [0.2, 0.25) is 0 Å². The van der Waals surface area contributed by atoms with Gasteiger partial charge in [-0.1, -0.05) is 11.6 Å². The smallest absolute Gasteiger partial charge is 0.225 e. The molecule has 0 spiro atoms. The standard InChI is InChI=1S/C6HBrClF4N/c7-4-2(6(10,11)12)1-3(9)5(8)13-4/h1H. The molecule has 0 unspecified atom stereocenters. The number of rotatable bonds is 0. The summed E-state index contributed by atoms with van der Waals surface area (Å²) in [6, 6.07) is 0.291. The first-order valence-corrected chi connectivity index (χ1v) is 4.08. The Labute approximate surface area is 83.8 Å². The molecule has 1 rings (SSSR count). The van der Waals surface area contributed by atoms with Gasteiger partial charge in [0.25, 0.3) is 0 Å². The summed E-state index contributed by atoms with van der Waals surface area (Å²) in [5.41, 5.74) is -1.19. The molecule has 72 valence electrons. The van der Waals surface area contributed by atoms with Crippen molar-refractivity contribution in [1.82, 2.24) is 4.98 Å². The number of aromatic nitrogens is 1. The topological polar surface area (TPSA) is 12.9 Å². The van der Waals surface area contributed by atoms with E-state index in [-0.39, 0.29) is 0 Å². The minimum atomic E-state index is -4.64. The van der Waals surface area contributed by atoms with Crippen LogP contribution in [0, 0.1) is 5.82 Å². The van der Waals surface area contributed by atoms with E-state index in [4.69, 9.17) is 11.6 Å². The van der Waals surface area contributed by atoms with Crippen molar-refractivity contribution in [2.24, 2.45) is 0 Å². The summed E-state index contributed by atoms with van der Waals surface area (Å²) >= 11 is 7.69. The molecule has 0 N–H and O–H groups in total. The number of hydrogen-bond acceptors (Lipinski definition) is 1. The Hall–Kier alpha value is -0.360. The van der Waals surface area contributed by atoms with Crippen LogP contribution in [0.5, 0.6) is 0 Å². The molecule has 1 aromatic rings. The van der Waals surface area contributed by atoms with Crippen molar-refractivity contribution in [1.29, 1.82) is 0 Å². The number of halogens is 6. The van der Waals surface area contributed by atoms with Gasteiger partial charge >= 0.3 is 6.18 Å². The molecule has 0 aliphatic heterocycles. The van der Waals surface area contributed by atoms with Crippen LogP contribution in [0.15, 0.2) is 10.7 Å². The highest BCUT2D eigenvalue weighted by Crippen LogP contribution is 2.35. The molecule has 0 saturated carbocycles. The van der Waals surface area contributed by atoms with Crippen LogP contribution in [0.4, 0.5) is 17.6 Å². The van der Waals surface area contributed by atoms with Crippen LogP contribution in [0.3, 0.4) is 0 Å². The minimum Gasteiger partial charge on any atom is -0.225 e. The Morgan fingerprint density at radius 2 is 1.92 bits per heavy atom. The minimum absolute atomic E-state index is 0.291. The van der Waals surface area contributed by atoms with E-state index in [2.05, 4.69) is 20.9 Å². The third kappa shape index (κ3) is 2.31. The van der Waals surface area contributed by atoms with Crippen LogP contribution in [0.25, 0.3) is 0 Å². The van der Waals surface area contributed by atoms with Crippen molar-refractivity contribution < 1.29 is 17.6 Å². The lowest BCUT2D eigenvalue weighted by molar-refractivity contribution is -0.138. The van der Waals surface area contributed by atoms with Gasteiger partial charge in [0.1, 0.15) is 4.60 Å². The largest absolute Gasteiger partial charge is 0.419 e. The molecule has 1 heterocycles. The molecule has 0 aliphatic carbocycles. The van der Waals surface area contributed by atoms with Crippen molar-refractivity contribution in [3.63, 3.8) is 0 Å². The lowest BCUT2D eigenvalue weighted by atomic mass is 10.3. The maximum atomic E-state index is 12.6. The molecular weight excluding hydrogens is 277 g/mol. The van der Waals surface area contributed by atoms with Crippen LogP contribution in [0.1, 0.15) is 5.56 Å². The molecule has 7 heteroatoms. The quantitative estimate of drug-likeness (QED) is 0.521. The monoisotopic (exact) mass is 277 g/mol. The summed E-state index contributed by atoms with van der Waals surface area (Å²) in [5.74, 6) is -1.20. The summed E-state index contributed by atoms with van der Waals surface area (Å²) in [4.78, 5) is 3.13. The highest BCUT2D eigenvalue weighted by Gasteiger charge is 2.34. The van der Waals surface area contributed by atoms with Crippen LogP contribution in [-0.2, 0) is 6.18 Å². The van der Waals surface area contributed by atoms with E-state index in [1.807, 2.05) is 0 Å². The van der Waals surface area contributed by atoms with Crippen molar-refractivity contribution in [2.45, 2.75) is 6.18 Å². The Bertz CT molecular complexity index is 338. The summed E-state index contributed by atoms with van der Waals surface area (Å²) in [7, 11) is 0. The van der Waals surface area contributed by atoms with Gasteiger partial charge in [-0.05, 0) is 22.0 Å². The molecule has 13 heavy (non-hydrogen) atoms. The van der Waals surface area contributed by atoms with E-state index in [1.165, 1.54) is 0 Å². The zero-order valence-corrected chi connectivity index (χ0v) is 8.13. The fourth-order valence-corrected chi connectivity index (χ4v) is 1.40. The molecule has 0 fully saturated rings. The second kappa shape index (κ2) is 3.42. The molecular formula is C6HBrClF4N. The van der Waals surface area contributed by atoms with Crippen LogP contribution < -0.4 is 0 Å². The fourth-order valence-electron chi connectivity index (χ4n) is 0.644. The van der Waals surface area contributed by atoms with Crippen molar-refractivity contribution in [2.75, 3.05) is 0 Å². The van der Waals surface area contributed by atoms with E-state index in [0.717, 1.165) is 0 Å². The third-order valence-electron chi connectivity index (χ3n) is 1.19. The van der Waals surface area contributed by atoms with Crippen molar-refractivity contribution in [3.8, 4) is 0 Å². The molecule has 0 radical (unpaired) electrons. The third-order valence-corrected chi connectivity index (χ3v) is 2.06. The zero-order valence-electron chi connectivity index (χ0n) is 5.79. The Balaban J connectivity index is 3.32. The van der Waals surface area contributed by atoms with Crippen molar-refractivity contribution in [3.05, 3.63) is 27.2 Å². The number of alkyl halides is 3. The van der Waals surface area contributed by atoms with E-state index in [0.29, 0.717) is 6.07 Å². The predicted molar refractivity (Wildman–Crippen MR) is 41.9 cm³/mol. The lowest BCUT2D eigenvalue weighted by Gasteiger charge is -2.08. The van der Waals surface area contributed by atoms with Gasteiger partial charge in [0, 0.05) is 0 Å². The Kier molecular flexibility index (Phi) is 2.82. The molecule has 0 atom stereocenters. The van der Waals surface area contributed by atoms with Crippen LogP contribution >= 0.6 is 27.5 Å². The summed E-state index contributed by atoms with van der Waals surface area (Å²) in [5, 5.41) is -0.597. The molecule has 1 aromatic heterocycles. The fraction of sp³-hybridized carbons (Fsp3) is 0.167. The second-order valence-electron chi connectivity index (χ2n) is 2.10. The molecule has 0 aliphatic rings. The molecule has 0 bridgehead atoms. The van der Waals surface area contributed by atoms with E-state index >= 15 is 0 Å². The van der Waals surface area contributed by atoms with Gasteiger partial charge in [-0.2, -0.15) is 13.2 Å². The van der Waals surface area contributed by atoms with Gasteiger partial charge < -0.3 is 0 Å². The highest BCUT2D eigenvalue weighted by atomic mass is 79.9. The maximum absolute atomic E-state index is 12.6. The normalized spacial score (nSPS) is 11.8. The van der Waals surface area contributed by atoms with Crippen molar-refractivity contribution >= 4 is 27.5 Å². The molecule has 0 saturated heterocycles. The number of nitrogens with zero attached hydrogens (tertiary/aromatic N) is 1. The maximum Gasteiger partial charge on any atom is 0.419 e. The highest BCUT2D eigenvalue weighted by molar-refractivity contribution is 9.10. The number of pyridine rings is 1. The second-order valence-corrected chi connectivity index (χ2v) is 3.21. The van der Waals surface area contributed by atoms with E-state index in [9.17, 15) is 17.6 Å². The Morgan fingerprint density at radius 1 is 1.38 bits per heavy atom. The summed E-state index contributed by atoms with van der Waals surface area (Å²) in [6.45, 7) is 0. The summed E-state index contributed by atoms with van der Waals surface area (Å²) in [6.07, 6.45) is -4.64. The molecule has 0 amide bonds. The average molecular weight is 278 g/mol.